The topological polar surface area (TPSA) is 61.9 Å². The van der Waals surface area contributed by atoms with Crippen molar-refractivity contribution in [3.63, 3.8) is 0 Å². The second kappa shape index (κ2) is 11.0. The average Bonchev–Trinajstić information content (AvgIpc) is 3.37. The Labute approximate surface area is 209 Å². The highest BCUT2D eigenvalue weighted by atomic mass is 35.5. The number of alkyl halides is 1. The van der Waals surface area contributed by atoms with Crippen molar-refractivity contribution in [2.24, 2.45) is 0 Å². The van der Waals surface area contributed by atoms with Crippen molar-refractivity contribution >= 4 is 40.4 Å². The van der Waals surface area contributed by atoms with Gasteiger partial charge in [-0.25, -0.2) is 0 Å². The van der Waals surface area contributed by atoms with E-state index >= 15 is 0 Å². The molecule has 1 aliphatic heterocycles. The fourth-order valence-corrected chi connectivity index (χ4v) is 5.12. The molecular formula is C26H28ClN3O3S. The number of para-hydroxylation sites is 1. The van der Waals surface area contributed by atoms with Crippen LogP contribution in [0.3, 0.4) is 0 Å². The van der Waals surface area contributed by atoms with Crippen molar-refractivity contribution in [2.45, 2.75) is 25.9 Å². The summed E-state index contributed by atoms with van der Waals surface area (Å²) in [5.74, 6) is 0.729. The molecule has 1 aromatic heterocycles. The molecule has 2 atom stereocenters. The molecule has 2 amide bonds. The van der Waals surface area contributed by atoms with Gasteiger partial charge in [-0.15, -0.1) is 22.9 Å². The Balaban J connectivity index is 1.71. The van der Waals surface area contributed by atoms with E-state index in [1.807, 2.05) is 77.9 Å². The van der Waals surface area contributed by atoms with E-state index in [4.69, 9.17) is 16.3 Å². The second-order valence-electron chi connectivity index (χ2n) is 8.32. The predicted molar refractivity (Wildman–Crippen MR) is 137 cm³/mol. The monoisotopic (exact) mass is 497 g/mol. The SMILES string of the molecule is Cc1cc(Oc2ccccc2)ccc1N(C(=O)CCl)C(C(=O)N1CCNC(C)C1)c1cccs1. The van der Waals surface area contributed by atoms with E-state index in [0.717, 1.165) is 22.7 Å². The van der Waals surface area contributed by atoms with Crippen LogP contribution in [-0.4, -0.2) is 48.3 Å². The number of piperazine rings is 1. The fraction of sp³-hybridized carbons (Fsp3) is 0.308. The molecule has 3 aromatic rings. The predicted octanol–water partition coefficient (Wildman–Crippen LogP) is 4.98. The third-order valence-electron chi connectivity index (χ3n) is 5.77. The van der Waals surface area contributed by atoms with E-state index < -0.39 is 6.04 Å². The lowest BCUT2D eigenvalue weighted by Crippen LogP contribution is -2.55. The van der Waals surface area contributed by atoms with Gasteiger partial charge in [0.2, 0.25) is 5.91 Å². The maximum absolute atomic E-state index is 13.8. The van der Waals surface area contributed by atoms with Crippen LogP contribution < -0.4 is 15.0 Å². The fourth-order valence-electron chi connectivity index (χ4n) is 4.18. The standard InChI is InChI=1S/C26H28ClN3O3S/c1-18-15-21(33-20-7-4-3-5-8-20)10-11-22(18)30(24(31)16-27)25(23-9-6-14-34-23)26(32)29-13-12-28-19(2)17-29/h3-11,14-15,19,25,28H,12-13,16-17H2,1-2H3. The molecule has 0 spiro atoms. The molecule has 1 aliphatic rings. The number of amides is 2. The Hall–Kier alpha value is -2.87. The van der Waals surface area contributed by atoms with Crippen LogP contribution in [0.4, 0.5) is 5.69 Å². The first-order chi connectivity index (χ1) is 16.5. The number of aryl methyl sites for hydroxylation is 1. The van der Waals surface area contributed by atoms with Gasteiger partial charge in [0, 0.05) is 36.2 Å². The Morgan fingerprint density at radius 2 is 1.97 bits per heavy atom. The number of anilines is 1. The summed E-state index contributed by atoms with van der Waals surface area (Å²) in [5, 5.41) is 5.28. The zero-order valence-electron chi connectivity index (χ0n) is 19.2. The van der Waals surface area contributed by atoms with Gasteiger partial charge >= 0.3 is 0 Å². The number of hydrogen-bond acceptors (Lipinski definition) is 5. The van der Waals surface area contributed by atoms with Crippen LogP contribution in [0.15, 0.2) is 66.0 Å². The van der Waals surface area contributed by atoms with E-state index in [2.05, 4.69) is 12.2 Å². The number of ether oxygens (including phenoxy) is 1. The van der Waals surface area contributed by atoms with Crippen molar-refractivity contribution in [1.82, 2.24) is 10.2 Å². The van der Waals surface area contributed by atoms with E-state index in [9.17, 15) is 9.59 Å². The molecule has 6 nitrogen and oxygen atoms in total. The number of nitrogens with one attached hydrogen (secondary N) is 1. The molecule has 8 heteroatoms. The van der Waals surface area contributed by atoms with Gasteiger partial charge in [0.15, 0.2) is 0 Å². The molecular weight excluding hydrogens is 470 g/mol. The third-order valence-corrected chi connectivity index (χ3v) is 6.93. The molecule has 0 saturated carbocycles. The van der Waals surface area contributed by atoms with E-state index in [-0.39, 0.29) is 23.7 Å². The Morgan fingerprint density at radius 3 is 2.62 bits per heavy atom. The molecule has 0 aliphatic carbocycles. The van der Waals surface area contributed by atoms with E-state index in [1.54, 1.807) is 4.90 Å². The summed E-state index contributed by atoms with van der Waals surface area (Å²) in [5.41, 5.74) is 1.45. The molecule has 2 unspecified atom stereocenters. The quantitative estimate of drug-likeness (QED) is 0.467. The van der Waals surface area contributed by atoms with Gasteiger partial charge in [0.05, 0.1) is 0 Å². The molecule has 4 rings (SSSR count). The van der Waals surface area contributed by atoms with Gasteiger partial charge in [-0.3, -0.25) is 14.5 Å². The van der Waals surface area contributed by atoms with Crippen LogP contribution >= 0.6 is 22.9 Å². The lowest BCUT2D eigenvalue weighted by Gasteiger charge is -2.38. The number of benzene rings is 2. The van der Waals surface area contributed by atoms with Gasteiger partial charge in [0.1, 0.15) is 23.4 Å². The first-order valence-corrected chi connectivity index (χ1v) is 12.7. The van der Waals surface area contributed by atoms with Gasteiger partial charge in [-0.2, -0.15) is 0 Å². The first-order valence-electron chi connectivity index (χ1n) is 11.2. The van der Waals surface area contributed by atoms with Gasteiger partial charge in [-0.1, -0.05) is 24.3 Å². The highest BCUT2D eigenvalue weighted by Gasteiger charge is 2.37. The minimum atomic E-state index is -0.781. The average molecular weight is 498 g/mol. The van der Waals surface area contributed by atoms with Crippen LogP contribution in [0.1, 0.15) is 23.4 Å². The van der Waals surface area contributed by atoms with Crippen LogP contribution in [-0.2, 0) is 9.59 Å². The third kappa shape index (κ3) is 5.43. The number of carbonyl (C=O) groups excluding carboxylic acids is 2. The minimum Gasteiger partial charge on any atom is -0.457 e. The van der Waals surface area contributed by atoms with Crippen LogP contribution in [0.25, 0.3) is 0 Å². The summed E-state index contributed by atoms with van der Waals surface area (Å²) in [6, 6.07) is 18.2. The van der Waals surface area contributed by atoms with Crippen LogP contribution in [0.5, 0.6) is 11.5 Å². The summed E-state index contributed by atoms with van der Waals surface area (Å²) in [7, 11) is 0. The number of rotatable bonds is 7. The smallest absolute Gasteiger partial charge is 0.251 e. The Morgan fingerprint density at radius 1 is 1.18 bits per heavy atom. The summed E-state index contributed by atoms with van der Waals surface area (Å²) in [4.78, 5) is 31.2. The number of thiophene rings is 1. The highest BCUT2D eigenvalue weighted by molar-refractivity contribution is 7.10. The van der Waals surface area contributed by atoms with Crippen molar-refractivity contribution in [1.29, 1.82) is 0 Å². The summed E-state index contributed by atoms with van der Waals surface area (Å²) >= 11 is 7.52. The molecule has 2 aromatic carbocycles. The Kier molecular flexibility index (Phi) is 7.88. The molecule has 1 saturated heterocycles. The first kappa shape index (κ1) is 24.3. The number of hydrogen-bond donors (Lipinski definition) is 1. The maximum Gasteiger partial charge on any atom is 0.251 e. The summed E-state index contributed by atoms with van der Waals surface area (Å²) in [6.07, 6.45) is 0. The van der Waals surface area contributed by atoms with Crippen LogP contribution in [0, 0.1) is 6.92 Å². The maximum atomic E-state index is 13.8. The molecule has 178 valence electrons. The molecule has 0 radical (unpaired) electrons. The van der Waals surface area contributed by atoms with E-state index in [1.165, 1.54) is 11.3 Å². The zero-order chi connectivity index (χ0) is 24.1. The molecule has 2 heterocycles. The number of carbonyl (C=O) groups is 2. The minimum absolute atomic E-state index is 0.0988. The normalized spacial score (nSPS) is 16.7. The molecule has 1 fully saturated rings. The number of nitrogens with zero attached hydrogens (tertiary/aromatic N) is 2. The summed E-state index contributed by atoms with van der Waals surface area (Å²) < 4.78 is 5.96. The van der Waals surface area contributed by atoms with Crippen LogP contribution in [0.2, 0.25) is 0 Å². The van der Waals surface area contributed by atoms with Gasteiger partial charge in [0.25, 0.3) is 5.91 Å². The zero-order valence-corrected chi connectivity index (χ0v) is 20.8. The lowest BCUT2D eigenvalue weighted by atomic mass is 10.1. The van der Waals surface area contributed by atoms with Gasteiger partial charge in [-0.05, 0) is 61.2 Å². The van der Waals surface area contributed by atoms with Crippen molar-refractivity contribution in [3.8, 4) is 11.5 Å². The van der Waals surface area contributed by atoms with Crippen molar-refractivity contribution in [2.75, 3.05) is 30.4 Å². The van der Waals surface area contributed by atoms with Crippen molar-refractivity contribution in [3.05, 3.63) is 76.5 Å². The lowest BCUT2D eigenvalue weighted by molar-refractivity contribution is -0.135. The van der Waals surface area contributed by atoms with E-state index in [0.29, 0.717) is 24.5 Å². The Bertz CT molecular complexity index is 1120. The van der Waals surface area contributed by atoms with Crippen molar-refractivity contribution < 1.29 is 14.3 Å². The molecule has 34 heavy (non-hydrogen) atoms. The second-order valence-corrected chi connectivity index (χ2v) is 9.56. The van der Waals surface area contributed by atoms with Gasteiger partial charge < -0.3 is 15.0 Å². The molecule has 1 N–H and O–H groups in total. The largest absolute Gasteiger partial charge is 0.457 e. The number of halogens is 1. The summed E-state index contributed by atoms with van der Waals surface area (Å²) in [6.45, 7) is 5.86. The highest BCUT2D eigenvalue weighted by Crippen LogP contribution is 2.36. The molecule has 0 bridgehead atoms.